The molecule has 0 aliphatic rings. The zero-order valence-electron chi connectivity index (χ0n) is 10.7. The summed E-state index contributed by atoms with van der Waals surface area (Å²) in [6.07, 6.45) is 1.11. The number of benzene rings is 1. The van der Waals surface area contributed by atoms with E-state index < -0.39 is 5.97 Å². The lowest BCUT2D eigenvalue weighted by molar-refractivity contribution is -0.137. The average Bonchev–Trinajstić information content (AvgIpc) is 2.29. The fourth-order valence-electron chi connectivity index (χ4n) is 1.46. The van der Waals surface area contributed by atoms with Crippen molar-refractivity contribution in [2.75, 3.05) is 6.61 Å². The van der Waals surface area contributed by atoms with E-state index in [4.69, 9.17) is 9.84 Å². The lowest BCUT2D eigenvalue weighted by Crippen LogP contribution is -2.15. The van der Waals surface area contributed by atoms with Crippen molar-refractivity contribution in [2.45, 2.75) is 39.0 Å². The Morgan fingerprint density at radius 3 is 2.35 bits per heavy atom. The van der Waals surface area contributed by atoms with Crippen molar-refractivity contribution in [3.05, 3.63) is 29.8 Å². The molecule has 17 heavy (non-hydrogen) atoms. The van der Waals surface area contributed by atoms with Crippen LogP contribution in [0.4, 0.5) is 0 Å². The molecule has 0 atom stereocenters. The van der Waals surface area contributed by atoms with Gasteiger partial charge in [0.1, 0.15) is 5.75 Å². The van der Waals surface area contributed by atoms with Gasteiger partial charge in [0.25, 0.3) is 0 Å². The molecular formula is C14H20O3. The predicted octanol–water partition coefficient (Wildman–Crippen LogP) is 3.23. The van der Waals surface area contributed by atoms with Crippen LogP contribution in [0.1, 0.15) is 39.2 Å². The highest BCUT2D eigenvalue weighted by molar-refractivity contribution is 5.66. The Kier molecular flexibility index (Phi) is 4.55. The molecule has 1 aromatic rings. The molecule has 0 spiro atoms. The highest BCUT2D eigenvalue weighted by Gasteiger charge is 2.17. The van der Waals surface area contributed by atoms with Crippen molar-refractivity contribution in [3.63, 3.8) is 0 Å². The Morgan fingerprint density at radius 1 is 1.29 bits per heavy atom. The maximum atomic E-state index is 10.3. The molecule has 0 saturated carbocycles. The van der Waals surface area contributed by atoms with E-state index >= 15 is 0 Å². The lowest BCUT2D eigenvalue weighted by Gasteiger charge is -2.23. The van der Waals surface area contributed by atoms with Crippen LogP contribution < -0.4 is 4.74 Å². The summed E-state index contributed by atoms with van der Waals surface area (Å²) in [6, 6.07) is 7.88. The summed E-state index contributed by atoms with van der Waals surface area (Å²) < 4.78 is 5.34. The van der Waals surface area contributed by atoms with Gasteiger partial charge in [0.15, 0.2) is 0 Å². The molecule has 0 amide bonds. The van der Waals surface area contributed by atoms with E-state index in [0.29, 0.717) is 0 Å². The Labute approximate surface area is 102 Å². The molecule has 1 aromatic carbocycles. The minimum absolute atomic E-state index is 0.0300. The van der Waals surface area contributed by atoms with Crippen LogP contribution in [-0.4, -0.2) is 17.7 Å². The van der Waals surface area contributed by atoms with Crippen LogP contribution in [-0.2, 0) is 10.2 Å². The SMILES string of the molecule is CCC(C)(C)c1ccc(OCCC(=O)O)cc1. The number of ether oxygens (including phenoxy) is 1. The summed E-state index contributed by atoms with van der Waals surface area (Å²) in [5.41, 5.74) is 1.44. The third-order valence-electron chi connectivity index (χ3n) is 3.10. The first-order chi connectivity index (χ1) is 7.95. The number of hydrogen-bond donors (Lipinski definition) is 1. The first-order valence-electron chi connectivity index (χ1n) is 5.91. The largest absolute Gasteiger partial charge is 0.493 e. The monoisotopic (exact) mass is 236 g/mol. The van der Waals surface area contributed by atoms with Crippen LogP contribution in [0, 0.1) is 0 Å². The van der Waals surface area contributed by atoms with Gasteiger partial charge in [-0.15, -0.1) is 0 Å². The molecule has 0 fully saturated rings. The fraction of sp³-hybridized carbons (Fsp3) is 0.500. The van der Waals surface area contributed by atoms with Crippen LogP contribution in [0.15, 0.2) is 24.3 Å². The smallest absolute Gasteiger partial charge is 0.306 e. The van der Waals surface area contributed by atoms with E-state index in [1.54, 1.807) is 0 Å². The number of carboxylic acids is 1. The van der Waals surface area contributed by atoms with Crippen molar-refractivity contribution in [2.24, 2.45) is 0 Å². The first-order valence-corrected chi connectivity index (χ1v) is 5.91. The van der Waals surface area contributed by atoms with Crippen molar-refractivity contribution in [3.8, 4) is 5.75 Å². The molecule has 0 aliphatic carbocycles. The summed E-state index contributed by atoms with van der Waals surface area (Å²) in [6.45, 7) is 6.78. The molecule has 0 aromatic heterocycles. The number of rotatable bonds is 6. The Balaban J connectivity index is 2.59. The number of aliphatic carboxylic acids is 1. The minimum atomic E-state index is -0.839. The van der Waals surface area contributed by atoms with Crippen LogP contribution in [0.2, 0.25) is 0 Å². The van der Waals surface area contributed by atoms with E-state index in [-0.39, 0.29) is 18.4 Å². The molecule has 3 nitrogen and oxygen atoms in total. The van der Waals surface area contributed by atoms with Crippen molar-refractivity contribution < 1.29 is 14.6 Å². The molecule has 1 N–H and O–H groups in total. The standard InChI is InChI=1S/C14H20O3/c1-4-14(2,3)11-5-7-12(8-6-11)17-10-9-13(15)16/h5-8H,4,9-10H2,1-3H3,(H,15,16). The van der Waals surface area contributed by atoms with Gasteiger partial charge in [-0.2, -0.15) is 0 Å². The molecule has 0 aliphatic heterocycles. The quantitative estimate of drug-likeness (QED) is 0.824. The first kappa shape index (κ1) is 13.6. The van der Waals surface area contributed by atoms with E-state index in [2.05, 4.69) is 20.8 Å². The fourth-order valence-corrected chi connectivity index (χ4v) is 1.46. The van der Waals surface area contributed by atoms with E-state index in [1.807, 2.05) is 24.3 Å². The second-order valence-corrected chi connectivity index (χ2v) is 4.75. The molecule has 0 bridgehead atoms. The van der Waals surface area contributed by atoms with Gasteiger partial charge < -0.3 is 9.84 Å². The van der Waals surface area contributed by atoms with Crippen LogP contribution in [0.25, 0.3) is 0 Å². The van der Waals surface area contributed by atoms with Gasteiger partial charge in [-0.3, -0.25) is 4.79 Å². The normalized spacial score (nSPS) is 11.2. The van der Waals surface area contributed by atoms with Crippen molar-refractivity contribution >= 4 is 5.97 Å². The Morgan fingerprint density at radius 2 is 1.88 bits per heavy atom. The van der Waals surface area contributed by atoms with Gasteiger partial charge in [0, 0.05) is 0 Å². The number of carboxylic acid groups (broad SMARTS) is 1. The van der Waals surface area contributed by atoms with Gasteiger partial charge in [0.2, 0.25) is 0 Å². The maximum Gasteiger partial charge on any atom is 0.306 e. The summed E-state index contributed by atoms with van der Waals surface area (Å²) >= 11 is 0. The average molecular weight is 236 g/mol. The minimum Gasteiger partial charge on any atom is -0.493 e. The van der Waals surface area contributed by atoms with Crippen LogP contribution in [0.5, 0.6) is 5.75 Å². The second-order valence-electron chi connectivity index (χ2n) is 4.75. The Hall–Kier alpha value is -1.51. The van der Waals surface area contributed by atoms with E-state index in [0.717, 1.165) is 12.2 Å². The summed E-state index contributed by atoms with van der Waals surface area (Å²) in [5, 5.41) is 8.49. The number of hydrogen-bond acceptors (Lipinski definition) is 2. The summed E-state index contributed by atoms with van der Waals surface area (Å²) in [5.74, 6) is -0.115. The molecular weight excluding hydrogens is 216 g/mol. The van der Waals surface area contributed by atoms with E-state index in [1.165, 1.54) is 5.56 Å². The molecule has 94 valence electrons. The van der Waals surface area contributed by atoms with E-state index in [9.17, 15) is 4.79 Å². The van der Waals surface area contributed by atoms with Crippen molar-refractivity contribution in [1.29, 1.82) is 0 Å². The Bertz CT molecular complexity index is 366. The van der Waals surface area contributed by atoms with Gasteiger partial charge in [0.05, 0.1) is 13.0 Å². The summed E-state index contributed by atoms with van der Waals surface area (Å²) in [7, 11) is 0. The highest BCUT2D eigenvalue weighted by Crippen LogP contribution is 2.27. The van der Waals surface area contributed by atoms with Gasteiger partial charge in [-0.25, -0.2) is 0 Å². The molecule has 3 heteroatoms. The molecule has 0 saturated heterocycles. The molecule has 1 rings (SSSR count). The molecule has 0 heterocycles. The van der Waals surface area contributed by atoms with Gasteiger partial charge in [-0.1, -0.05) is 32.9 Å². The summed E-state index contributed by atoms with van der Waals surface area (Å²) in [4.78, 5) is 10.3. The van der Waals surface area contributed by atoms with Gasteiger partial charge >= 0.3 is 5.97 Å². The zero-order chi connectivity index (χ0) is 12.9. The molecule has 0 unspecified atom stereocenters. The maximum absolute atomic E-state index is 10.3. The third kappa shape index (κ3) is 4.10. The number of carbonyl (C=O) groups is 1. The lowest BCUT2D eigenvalue weighted by atomic mass is 9.82. The van der Waals surface area contributed by atoms with Crippen LogP contribution in [0.3, 0.4) is 0 Å². The van der Waals surface area contributed by atoms with Crippen molar-refractivity contribution in [1.82, 2.24) is 0 Å². The van der Waals surface area contributed by atoms with Gasteiger partial charge in [-0.05, 0) is 29.5 Å². The topological polar surface area (TPSA) is 46.5 Å². The van der Waals surface area contributed by atoms with Crippen LogP contribution >= 0.6 is 0 Å². The molecule has 0 radical (unpaired) electrons. The third-order valence-corrected chi connectivity index (χ3v) is 3.10. The predicted molar refractivity (Wildman–Crippen MR) is 67.5 cm³/mol. The zero-order valence-corrected chi connectivity index (χ0v) is 10.7. The second kappa shape index (κ2) is 5.71. The highest BCUT2D eigenvalue weighted by atomic mass is 16.5.